The van der Waals surface area contributed by atoms with Crippen molar-refractivity contribution < 1.29 is 47.7 Å². The summed E-state index contributed by atoms with van der Waals surface area (Å²) in [5.74, 6) is -14.5. The van der Waals surface area contributed by atoms with Gasteiger partial charge >= 0.3 is 0 Å². The average molecular weight is 828 g/mol. The van der Waals surface area contributed by atoms with E-state index in [9.17, 15) is 47.7 Å². The fourth-order valence-corrected chi connectivity index (χ4v) is 10.6. The molecule has 0 bridgehead atoms. The summed E-state index contributed by atoms with van der Waals surface area (Å²) in [6.07, 6.45) is -1.75. The number of nitrogens with one attached hydrogen (secondary N) is 2. The van der Waals surface area contributed by atoms with Crippen LogP contribution in [0, 0.1) is 23.7 Å². The zero-order chi connectivity index (χ0) is 42.3. The number of sulfone groups is 1. The molecule has 2 saturated carbocycles. The maximum atomic E-state index is 14.3. The smallest absolute Gasteiger partial charge is 0.235 e. The van der Waals surface area contributed by atoms with E-state index in [4.69, 9.17) is 18.0 Å². The number of nitrogens with two attached hydrogens (primary N) is 1. The molecule has 0 radical (unpaired) electrons. The van der Waals surface area contributed by atoms with E-state index < -0.39 is 92.0 Å². The Balaban J connectivity index is 1.13. The number of Topliss-reactive ketones (excluding diaryl/α,β-unsaturated/α-hetero) is 4. The van der Waals surface area contributed by atoms with Crippen molar-refractivity contribution in [2.75, 3.05) is 43.7 Å². The summed E-state index contributed by atoms with van der Waals surface area (Å²) in [7, 11) is 2.77. The molecular weight excluding hydrogens is 787 g/mol. The number of carbonyl (C=O) groups excluding carboxylic acids is 5. The number of hydrogen-bond acceptors (Lipinski definition) is 13. The fourth-order valence-electron chi connectivity index (χ4n) is 9.03. The Hall–Kier alpha value is -5.59. The number of hydrogen-bond donors (Lipinski definition) is 6. The van der Waals surface area contributed by atoms with Crippen LogP contribution in [0.4, 0.5) is 17.1 Å². The highest BCUT2D eigenvalue weighted by Crippen LogP contribution is 2.55. The topological polar surface area (TPSA) is 237 Å². The van der Waals surface area contributed by atoms with Crippen molar-refractivity contribution >= 4 is 84.0 Å². The largest absolute Gasteiger partial charge is 0.505 e. The van der Waals surface area contributed by atoms with Crippen LogP contribution in [0.25, 0.3) is 10.8 Å². The number of carbonyl (C=O) groups is 5. The number of phenols is 1. The summed E-state index contributed by atoms with van der Waals surface area (Å²) in [6.45, 7) is 1.61. The summed E-state index contributed by atoms with van der Waals surface area (Å²) in [5.41, 5.74) is 3.51. The molecule has 4 aromatic carbocycles. The molecule has 0 aromatic heterocycles. The lowest BCUT2D eigenvalue weighted by atomic mass is 9.49. The number of aliphatic hydroxyl groups is 2. The number of ketones is 4. The maximum absolute atomic E-state index is 14.3. The highest BCUT2D eigenvalue weighted by atomic mass is 32.2. The number of rotatable bonds is 7. The van der Waals surface area contributed by atoms with Gasteiger partial charge in [-0.25, -0.2) is 8.42 Å². The number of likely N-dealkylation sites (N-methyl/N-ethyl adjacent to an activating group) is 1. The SMILES string of the molecule is C[C@H]1c2ccc(NC(=S)Nc3ccc(S(=O)(=O)c4ccc5c(N(C)C)cccc5c4)cc3)c(O)c2C(=O)C2C(=O)[C@]3(O)C(=O)C(C(N)=O)C(=O)[C@@H](N(C)C)[C@@H]3[C@@H](O)[C@@H]21. The number of anilines is 3. The van der Waals surface area contributed by atoms with Crippen molar-refractivity contribution in [3.63, 3.8) is 0 Å². The van der Waals surface area contributed by atoms with Crippen LogP contribution in [0.1, 0.15) is 28.8 Å². The average Bonchev–Trinajstić information content (AvgIpc) is 3.16. The van der Waals surface area contributed by atoms with Gasteiger partial charge in [0.2, 0.25) is 15.7 Å². The molecule has 7 rings (SSSR count). The number of primary amides is 1. The molecule has 0 aliphatic heterocycles. The quantitative estimate of drug-likeness (QED) is 0.0891. The highest BCUT2D eigenvalue weighted by Gasteiger charge is 2.73. The molecule has 17 heteroatoms. The molecule has 0 spiro atoms. The normalized spacial score (nSPS) is 26.8. The van der Waals surface area contributed by atoms with Gasteiger partial charge < -0.3 is 36.6 Å². The van der Waals surface area contributed by atoms with Crippen LogP contribution >= 0.6 is 12.2 Å². The summed E-state index contributed by atoms with van der Waals surface area (Å²) in [6, 6.07) is 17.9. The fraction of sp³-hybridized carbons (Fsp3) is 0.317. The lowest BCUT2D eigenvalue weighted by molar-refractivity contribution is -0.196. The Morgan fingerprint density at radius 3 is 2.17 bits per heavy atom. The Kier molecular flexibility index (Phi) is 10.0. The minimum absolute atomic E-state index is 0.0422. The van der Waals surface area contributed by atoms with Gasteiger partial charge in [0.15, 0.2) is 39.8 Å². The number of amides is 1. The molecule has 0 heterocycles. The lowest BCUT2D eigenvalue weighted by Crippen LogP contribution is -2.77. The molecule has 1 amide bonds. The number of aliphatic hydroxyl groups excluding tert-OH is 1. The second kappa shape index (κ2) is 14.4. The van der Waals surface area contributed by atoms with Crippen molar-refractivity contribution in [2.24, 2.45) is 29.4 Å². The van der Waals surface area contributed by atoms with Gasteiger partial charge in [-0.2, -0.15) is 0 Å². The van der Waals surface area contributed by atoms with E-state index in [1.165, 1.54) is 55.4 Å². The second-order valence-electron chi connectivity index (χ2n) is 15.5. The first-order valence-electron chi connectivity index (χ1n) is 18.2. The number of benzene rings is 4. The highest BCUT2D eigenvalue weighted by molar-refractivity contribution is 7.91. The van der Waals surface area contributed by atoms with E-state index in [1.807, 2.05) is 37.2 Å². The van der Waals surface area contributed by atoms with E-state index in [0.717, 1.165) is 16.5 Å². The van der Waals surface area contributed by atoms with Crippen LogP contribution in [-0.2, 0) is 29.0 Å². The van der Waals surface area contributed by atoms with Gasteiger partial charge in [-0.1, -0.05) is 31.2 Å². The predicted octanol–water partition coefficient (Wildman–Crippen LogP) is 2.26. The van der Waals surface area contributed by atoms with Gasteiger partial charge in [0.05, 0.1) is 45.0 Å². The monoisotopic (exact) mass is 827 g/mol. The van der Waals surface area contributed by atoms with Gasteiger partial charge in [-0.05, 0) is 91.7 Å². The molecule has 8 atom stereocenters. The van der Waals surface area contributed by atoms with E-state index in [0.29, 0.717) is 5.69 Å². The van der Waals surface area contributed by atoms with Crippen molar-refractivity contribution in [1.29, 1.82) is 0 Å². The minimum atomic E-state index is -3.89. The van der Waals surface area contributed by atoms with E-state index in [1.54, 1.807) is 25.1 Å². The Morgan fingerprint density at radius 1 is 0.897 bits per heavy atom. The molecule has 2 fully saturated rings. The van der Waals surface area contributed by atoms with Crippen molar-refractivity contribution in [3.05, 3.63) is 83.9 Å². The van der Waals surface area contributed by atoms with E-state index in [2.05, 4.69) is 10.6 Å². The van der Waals surface area contributed by atoms with Gasteiger partial charge in [0.1, 0.15) is 5.75 Å². The van der Waals surface area contributed by atoms with Crippen molar-refractivity contribution in [1.82, 2.24) is 4.90 Å². The lowest BCUT2D eigenvalue weighted by Gasteiger charge is -2.56. The first-order chi connectivity index (χ1) is 27.2. The number of fused-ring (bicyclic) bond motifs is 4. The van der Waals surface area contributed by atoms with Gasteiger partial charge in [0.25, 0.3) is 0 Å². The number of nitrogens with zero attached hydrogens (tertiary/aromatic N) is 2. The van der Waals surface area contributed by atoms with Crippen LogP contribution in [0.5, 0.6) is 5.75 Å². The second-order valence-corrected chi connectivity index (χ2v) is 17.8. The first-order valence-corrected chi connectivity index (χ1v) is 20.1. The summed E-state index contributed by atoms with van der Waals surface area (Å²) in [4.78, 5) is 71.2. The minimum Gasteiger partial charge on any atom is -0.505 e. The van der Waals surface area contributed by atoms with Crippen LogP contribution in [0.3, 0.4) is 0 Å². The molecule has 302 valence electrons. The molecule has 58 heavy (non-hydrogen) atoms. The number of thiocarbonyl (C=S) groups is 1. The zero-order valence-corrected chi connectivity index (χ0v) is 33.6. The van der Waals surface area contributed by atoms with Crippen LogP contribution in [0.15, 0.2) is 82.6 Å². The molecule has 0 saturated heterocycles. The Labute approximate surface area is 338 Å². The third-order valence-electron chi connectivity index (χ3n) is 11.8. The summed E-state index contributed by atoms with van der Waals surface area (Å²) < 4.78 is 27.2. The number of aromatic hydroxyl groups is 1. The van der Waals surface area contributed by atoms with Gasteiger partial charge in [0, 0.05) is 36.8 Å². The third-order valence-corrected chi connectivity index (χ3v) is 13.8. The standard InChI is InChI=1S/C41H41N5O10S2/c1-18-23-15-16-25(44-40(57)43-20-9-11-21(12-10-20)58(55,56)22-13-14-24-19(17-22)7-6-8-26(24)45(2)3)33(47)28(23)34(48)29-27(18)35(49)31-32(46(4)5)36(50)30(39(42)53)38(52)41(31,54)37(29)51/h6-18,27,29-32,35,47,49,54H,1-5H3,(H2,42,53)(H2,43,44,57)/t18-,27+,29?,30?,31+,32-,35-,41-/m0/s1. The van der Waals surface area contributed by atoms with Gasteiger partial charge in [-0.3, -0.25) is 28.9 Å². The zero-order valence-electron chi connectivity index (χ0n) is 32.0. The number of phenolic OH excluding ortho intramolecular Hbond substituents is 1. The molecule has 3 aliphatic carbocycles. The molecule has 7 N–H and O–H groups in total. The van der Waals surface area contributed by atoms with Crippen LogP contribution in [0.2, 0.25) is 0 Å². The van der Waals surface area contributed by atoms with E-state index >= 15 is 0 Å². The molecule has 15 nitrogen and oxygen atoms in total. The van der Waals surface area contributed by atoms with Crippen LogP contribution < -0.4 is 21.3 Å². The predicted molar refractivity (Wildman–Crippen MR) is 217 cm³/mol. The first kappa shape index (κ1) is 40.6. The molecule has 3 aliphatic rings. The molecule has 4 aromatic rings. The summed E-state index contributed by atoms with van der Waals surface area (Å²) >= 11 is 5.47. The summed E-state index contributed by atoms with van der Waals surface area (Å²) in [5, 5.41) is 42.5. The third kappa shape index (κ3) is 6.07. The molecular formula is C41H41N5O10S2. The van der Waals surface area contributed by atoms with Crippen molar-refractivity contribution in [3.8, 4) is 5.75 Å². The Bertz CT molecular complexity index is 2580. The van der Waals surface area contributed by atoms with Crippen LogP contribution in [-0.4, -0.2) is 109 Å². The van der Waals surface area contributed by atoms with Crippen molar-refractivity contribution in [2.45, 2.75) is 40.4 Å². The van der Waals surface area contributed by atoms with E-state index in [-0.39, 0.29) is 31.7 Å². The Morgan fingerprint density at radius 2 is 1.55 bits per heavy atom. The van der Waals surface area contributed by atoms with Gasteiger partial charge in [-0.15, -0.1) is 0 Å². The molecule has 2 unspecified atom stereocenters. The maximum Gasteiger partial charge on any atom is 0.235 e.